The van der Waals surface area contributed by atoms with Gasteiger partial charge in [0.25, 0.3) is 0 Å². The second-order valence-corrected chi connectivity index (χ2v) is 5.17. The second-order valence-electron chi connectivity index (χ2n) is 5.17. The molecule has 0 radical (unpaired) electrons. The molecule has 0 heterocycles. The van der Waals surface area contributed by atoms with Gasteiger partial charge in [-0.1, -0.05) is 39.5 Å². The van der Waals surface area contributed by atoms with E-state index in [0.717, 1.165) is 19.3 Å². The van der Waals surface area contributed by atoms with Gasteiger partial charge >= 0.3 is 0 Å². The Kier molecular flexibility index (Phi) is 4.78. The zero-order valence-corrected chi connectivity index (χ0v) is 10.2. The maximum absolute atomic E-state index is 12.4. The summed E-state index contributed by atoms with van der Waals surface area (Å²) in [5.74, 6) is 0.718. The van der Waals surface area contributed by atoms with Crippen molar-refractivity contribution in [3.63, 3.8) is 0 Å². The number of Topliss-reactive ketones (excluding diaryl/α,β-unsaturated/α-hetero) is 1. The summed E-state index contributed by atoms with van der Waals surface area (Å²) >= 11 is 0. The number of hydrogen-bond donors (Lipinski definition) is 1. The molecule has 0 amide bonds. The number of carbonyl (C=O) groups excluding carboxylic acids is 1. The highest BCUT2D eigenvalue weighted by Crippen LogP contribution is 2.32. The topological polar surface area (TPSA) is 43.1 Å². The van der Waals surface area contributed by atoms with Crippen LogP contribution in [0.2, 0.25) is 0 Å². The zero-order valence-electron chi connectivity index (χ0n) is 10.2. The van der Waals surface area contributed by atoms with Gasteiger partial charge in [0.1, 0.15) is 5.78 Å². The van der Waals surface area contributed by atoms with E-state index in [4.69, 9.17) is 5.73 Å². The SMILES string of the molecule is CCC(C)(CN)C(=O)C1CCCCCC1. The molecule has 0 aromatic heterocycles. The molecule has 1 unspecified atom stereocenters. The number of nitrogens with two attached hydrogens (primary N) is 1. The predicted octanol–water partition coefficient (Wildman–Crippen LogP) is 2.90. The zero-order chi connectivity index (χ0) is 11.3. The van der Waals surface area contributed by atoms with Crippen molar-refractivity contribution in [2.75, 3.05) is 6.54 Å². The normalized spacial score (nSPS) is 23.1. The van der Waals surface area contributed by atoms with Crippen LogP contribution in [0.4, 0.5) is 0 Å². The molecule has 0 saturated heterocycles. The average molecular weight is 211 g/mol. The van der Waals surface area contributed by atoms with Crippen LogP contribution in [0.1, 0.15) is 58.8 Å². The summed E-state index contributed by atoms with van der Waals surface area (Å²) in [6, 6.07) is 0. The first-order valence-corrected chi connectivity index (χ1v) is 6.38. The van der Waals surface area contributed by atoms with Gasteiger partial charge in [-0.05, 0) is 19.3 Å². The first kappa shape index (κ1) is 12.7. The minimum atomic E-state index is -0.269. The van der Waals surface area contributed by atoms with Crippen LogP contribution in [0.3, 0.4) is 0 Å². The monoisotopic (exact) mass is 211 g/mol. The third-order valence-electron chi connectivity index (χ3n) is 4.05. The summed E-state index contributed by atoms with van der Waals surface area (Å²) in [6.45, 7) is 4.60. The van der Waals surface area contributed by atoms with Crippen LogP contribution in [0, 0.1) is 11.3 Å². The van der Waals surface area contributed by atoms with E-state index < -0.39 is 0 Å². The summed E-state index contributed by atoms with van der Waals surface area (Å²) in [7, 11) is 0. The minimum Gasteiger partial charge on any atom is -0.329 e. The predicted molar refractivity (Wildman–Crippen MR) is 63.7 cm³/mol. The van der Waals surface area contributed by atoms with Crippen LogP contribution in [-0.2, 0) is 4.79 Å². The lowest BCUT2D eigenvalue weighted by Crippen LogP contribution is -2.39. The molecule has 2 heteroatoms. The van der Waals surface area contributed by atoms with Crippen molar-refractivity contribution in [1.29, 1.82) is 0 Å². The molecule has 15 heavy (non-hydrogen) atoms. The lowest BCUT2D eigenvalue weighted by atomic mass is 9.75. The Labute approximate surface area is 93.6 Å². The van der Waals surface area contributed by atoms with Crippen LogP contribution in [0.25, 0.3) is 0 Å². The number of rotatable bonds is 4. The Balaban J connectivity index is 2.64. The molecular weight excluding hydrogens is 186 g/mol. The molecule has 1 aliphatic rings. The molecule has 1 atom stereocenters. The van der Waals surface area contributed by atoms with Gasteiger partial charge in [0.15, 0.2) is 0 Å². The third kappa shape index (κ3) is 3.04. The Morgan fingerprint density at radius 3 is 2.20 bits per heavy atom. The van der Waals surface area contributed by atoms with E-state index in [9.17, 15) is 4.79 Å². The molecule has 0 aromatic carbocycles. The Bertz CT molecular complexity index is 201. The smallest absolute Gasteiger partial charge is 0.143 e. The van der Waals surface area contributed by atoms with Gasteiger partial charge in [-0.25, -0.2) is 0 Å². The van der Waals surface area contributed by atoms with Gasteiger partial charge in [0.2, 0.25) is 0 Å². The molecule has 2 N–H and O–H groups in total. The van der Waals surface area contributed by atoms with Gasteiger partial charge in [0, 0.05) is 17.9 Å². The Hall–Kier alpha value is -0.370. The summed E-state index contributed by atoms with van der Waals surface area (Å²) < 4.78 is 0. The van der Waals surface area contributed by atoms with Crippen molar-refractivity contribution in [2.24, 2.45) is 17.1 Å². The highest BCUT2D eigenvalue weighted by molar-refractivity contribution is 5.86. The number of hydrogen-bond acceptors (Lipinski definition) is 2. The fraction of sp³-hybridized carbons (Fsp3) is 0.923. The van der Waals surface area contributed by atoms with Crippen LogP contribution in [0.5, 0.6) is 0 Å². The van der Waals surface area contributed by atoms with Crippen LogP contribution >= 0.6 is 0 Å². The molecule has 1 saturated carbocycles. The van der Waals surface area contributed by atoms with Crippen molar-refractivity contribution in [3.05, 3.63) is 0 Å². The van der Waals surface area contributed by atoms with E-state index in [2.05, 4.69) is 6.92 Å². The second kappa shape index (κ2) is 5.64. The van der Waals surface area contributed by atoms with E-state index in [-0.39, 0.29) is 5.41 Å². The van der Waals surface area contributed by atoms with Gasteiger partial charge in [0.05, 0.1) is 0 Å². The van der Waals surface area contributed by atoms with Crippen LogP contribution in [0.15, 0.2) is 0 Å². The molecule has 1 fully saturated rings. The van der Waals surface area contributed by atoms with Crippen molar-refractivity contribution in [3.8, 4) is 0 Å². The van der Waals surface area contributed by atoms with E-state index in [1.165, 1.54) is 25.7 Å². The fourth-order valence-electron chi connectivity index (χ4n) is 2.45. The third-order valence-corrected chi connectivity index (χ3v) is 4.05. The molecule has 0 aliphatic heterocycles. The molecule has 88 valence electrons. The maximum atomic E-state index is 12.4. The quantitative estimate of drug-likeness (QED) is 0.727. The van der Waals surface area contributed by atoms with Crippen molar-refractivity contribution in [2.45, 2.75) is 58.8 Å². The Morgan fingerprint density at radius 1 is 1.27 bits per heavy atom. The first-order valence-electron chi connectivity index (χ1n) is 6.38. The van der Waals surface area contributed by atoms with E-state index in [0.29, 0.717) is 18.2 Å². The van der Waals surface area contributed by atoms with Gasteiger partial charge in [-0.3, -0.25) is 4.79 Å². The molecule has 0 bridgehead atoms. The van der Waals surface area contributed by atoms with Gasteiger partial charge in [-0.2, -0.15) is 0 Å². The maximum Gasteiger partial charge on any atom is 0.143 e. The van der Waals surface area contributed by atoms with E-state index in [1.807, 2.05) is 6.92 Å². The summed E-state index contributed by atoms with van der Waals surface area (Å²) in [6.07, 6.45) is 8.10. The number of carbonyl (C=O) groups is 1. The standard InChI is InChI=1S/C13H25NO/c1-3-13(2,10-14)12(15)11-8-6-4-5-7-9-11/h11H,3-10,14H2,1-2H3. The van der Waals surface area contributed by atoms with Crippen molar-refractivity contribution in [1.82, 2.24) is 0 Å². The minimum absolute atomic E-state index is 0.269. The van der Waals surface area contributed by atoms with Crippen molar-refractivity contribution < 1.29 is 4.79 Å². The Morgan fingerprint density at radius 2 is 1.80 bits per heavy atom. The number of ketones is 1. The average Bonchev–Trinajstić information content (AvgIpc) is 2.55. The molecule has 1 aliphatic carbocycles. The lowest BCUT2D eigenvalue weighted by Gasteiger charge is -2.29. The largest absolute Gasteiger partial charge is 0.329 e. The van der Waals surface area contributed by atoms with E-state index >= 15 is 0 Å². The van der Waals surface area contributed by atoms with Crippen LogP contribution < -0.4 is 5.73 Å². The van der Waals surface area contributed by atoms with Gasteiger partial charge in [-0.15, -0.1) is 0 Å². The molecule has 0 aromatic rings. The van der Waals surface area contributed by atoms with Crippen molar-refractivity contribution >= 4 is 5.78 Å². The molecule has 1 rings (SSSR count). The summed E-state index contributed by atoms with van der Waals surface area (Å²) in [5.41, 5.74) is 5.47. The van der Waals surface area contributed by atoms with Gasteiger partial charge < -0.3 is 5.73 Å². The van der Waals surface area contributed by atoms with Crippen LogP contribution in [-0.4, -0.2) is 12.3 Å². The molecule has 2 nitrogen and oxygen atoms in total. The molecular formula is C13H25NO. The summed E-state index contributed by atoms with van der Waals surface area (Å²) in [5, 5.41) is 0. The van der Waals surface area contributed by atoms with E-state index in [1.54, 1.807) is 0 Å². The highest BCUT2D eigenvalue weighted by atomic mass is 16.1. The summed E-state index contributed by atoms with van der Waals surface area (Å²) in [4.78, 5) is 12.4. The molecule has 0 spiro atoms. The highest BCUT2D eigenvalue weighted by Gasteiger charge is 2.34. The fourth-order valence-corrected chi connectivity index (χ4v) is 2.45. The first-order chi connectivity index (χ1) is 7.14. The lowest BCUT2D eigenvalue weighted by molar-refractivity contribution is -0.132.